The molecule has 0 N–H and O–H groups in total. The molecular weight excluding hydrogens is 240 g/mol. The Bertz CT molecular complexity index is 331. The van der Waals surface area contributed by atoms with Crippen LogP contribution in [-0.4, -0.2) is 11.1 Å². The molecule has 0 unspecified atom stereocenters. The molecule has 0 amide bonds. The quantitative estimate of drug-likeness (QED) is 0.594. The van der Waals surface area contributed by atoms with Gasteiger partial charge in [-0.1, -0.05) is 46.6 Å². The molecule has 1 aromatic carbocycles. The molecular formula is C12H15BrO. The lowest BCUT2D eigenvalue weighted by atomic mass is 9.98. The molecule has 0 bridgehead atoms. The lowest BCUT2D eigenvalue weighted by Crippen LogP contribution is -2.04. The zero-order valence-corrected chi connectivity index (χ0v) is 10.2. The molecule has 1 rings (SSSR count). The average Bonchev–Trinajstić information content (AvgIpc) is 2.17. The van der Waals surface area contributed by atoms with Gasteiger partial charge in [0.05, 0.1) is 0 Å². The first kappa shape index (κ1) is 11.4. The second-order valence-corrected chi connectivity index (χ2v) is 4.17. The largest absolute Gasteiger partial charge is 0.294 e. The Kier molecular flexibility index (Phi) is 4.33. The molecule has 1 aromatic rings. The molecule has 0 radical (unpaired) electrons. The van der Waals surface area contributed by atoms with Gasteiger partial charge in [0, 0.05) is 17.3 Å². The number of hydrogen-bond acceptors (Lipinski definition) is 1. The summed E-state index contributed by atoms with van der Waals surface area (Å²) in [5.74, 6) is 0.235. The SMILES string of the molecule is CCc1cc(C)ccc1C(=O)CCBr. The summed E-state index contributed by atoms with van der Waals surface area (Å²) in [7, 11) is 0. The number of halogens is 1. The molecule has 0 aromatic heterocycles. The summed E-state index contributed by atoms with van der Waals surface area (Å²) in [5.41, 5.74) is 3.27. The van der Waals surface area contributed by atoms with Crippen molar-refractivity contribution >= 4 is 21.7 Å². The number of alkyl halides is 1. The van der Waals surface area contributed by atoms with Crippen LogP contribution in [0.25, 0.3) is 0 Å². The summed E-state index contributed by atoms with van der Waals surface area (Å²) in [6, 6.07) is 6.04. The highest BCUT2D eigenvalue weighted by Gasteiger charge is 2.09. The Labute approximate surface area is 93.7 Å². The third-order valence-corrected chi connectivity index (χ3v) is 2.66. The number of Topliss-reactive ketones (excluding diaryl/α,β-unsaturated/α-hetero) is 1. The fraction of sp³-hybridized carbons (Fsp3) is 0.417. The van der Waals surface area contributed by atoms with Gasteiger partial charge in [-0.15, -0.1) is 0 Å². The minimum absolute atomic E-state index is 0.235. The number of ketones is 1. The van der Waals surface area contributed by atoms with Gasteiger partial charge >= 0.3 is 0 Å². The van der Waals surface area contributed by atoms with Crippen LogP contribution in [0.3, 0.4) is 0 Å². The van der Waals surface area contributed by atoms with Crippen molar-refractivity contribution in [1.29, 1.82) is 0 Å². The van der Waals surface area contributed by atoms with E-state index in [4.69, 9.17) is 0 Å². The Hall–Kier alpha value is -0.630. The molecule has 0 saturated heterocycles. The second-order valence-electron chi connectivity index (χ2n) is 3.38. The third-order valence-electron chi connectivity index (χ3n) is 2.26. The zero-order chi connectivity index (χ0) is 10.6. The summed E-state index contributed by atoms with van der Waals surface area (Å²) in [5, 5.41) is 0.739. The second kappa shape index (κ2) is 5.30. The van der Waals surface area contributed by atoms with E-state index < -0.39 is 0 Å². The van der Waals surface area contributed by atoms with Gasteiger partial charge in [0.2, 0.25) is 0 Å². The Morgan fingerprint density at radius 1 is 1.43 bits per heavy atom. The highest BCUT2D eigenvalue weighted by atomic mass is 79.9. The molecule has 0 aliphatic rings. The minimum Gasteiger partial charge on any atom is -0.294 e. The highest BCUT2D eigenvalue weighted by molar-refractivity contribution is 9.09. The van der Waals surface area contributed by atoms with Crippen molar-refractivity contribution in [3.8, 4) is 0 Å². The minimum atomic E-state index is 0.235. The number of carbonyl (C=O) groups is 1. The van der Waals surface area contributed by atoms with Crippen molar-refractivity contribution in [2.24, 2.45) is 0 Å². The maximum absolute atomic E-state index is 11.7. The van der Waals surface area contributed by atoms with E-state index in [2.05, 4.69) is 35.8 Å². The normalized spacial score (nSPS) is 10.2. The molecule has 0 heterocycles. The number of hydrogen-bond donors (Lipinski definition) is 0. The molecule has 0 fully saturated rings. The third kappa shape index (κ3) is 2.68. The first-order valence-corrected chi connectivity index (χ1v) is 6.00. The Morgan fingerprint density at radius 2 is 2.14 bits per heavy atom. The first-order chi connectivity index (χ1) is 6.69. The first-order valence-electron chi connectivity index (χ1n) is 4.87. The van der Waals surface area contributed by atoms with E-state index in [1.807, 2.05) is 12.1 Å². The van der Waals surface area contributed by atoms with Crippen molar-refractivity contribution in [2.75, 3.05) is 5.33 Å². The highest BCUT2D eigenvalue weighted by Crippen LogP contribution is 2.14. The van der Waals surface area contributed by atoms with Gasteiger partial charge in [-0.25, -0.2) is 0 Å². The standard InChI is InChI=1S/C12H15BrO/c1-3-10-8-9(2)4-5-11(10)12(14)6-7-13/h4-5,8H,3,6-7H2,1-2H3. The summed E-state index contributed by atoms with van der Waals surface area (Å²) < 4.78 is 0. The maximum atomic E-state index is 11.7. The van der Waals surface area contributed by atoms with Gasteiger partial charge in [-0.05, 0) is 18.9 Å². The van der Waals surface area contributed by atoms with Crippen LogP contribution in [0, 0.1) is 6.92 Å². The molecule has 76 valence electrons. The number of rotatable bonds is 4. The predicted molar refractivity (Wildman–Crippen MR) is 63.3 cm³/mol. The summed E-state index contributed by atoms with van der Waals surface area (Å²) in [4.78, 5) is 11.7. The number of carbonyl (C=O) groups excluding carboxylic acids is 1. The van der Waals surface area contributed by atoms with Gasteiger partial charge < -0.3 is 0 Å². The van der Waals surface area contributed by atoms with E-state index >= 15 is 0 Å². The molecule has 0 spiro atoms. The van der Waals surface area contributed by atoms with Crippen molar-refractivity contribution < 1.29 is 4.79 Å². The summed E-state index contributed by atoms with van der Waals surface area (Å²) in [6.45, 7) is 4.14. The summed E-state index contributed by atoms with van der Waals surface area (Å²) in [6.07, 6.45) is 1.50. The molecule has 14 heavy (non-hydrogen) atoms. The van der Waals surface area contributed by atoms with Crippen LogP contribution in [-0.2, 0) is 6.42 Å². The smallest absolute Gasteiger partial charge is 0.163 e. The van der Waals surface area contributed by atoms with Gasteiger partial charge in [-0.2, -0.15) is 0 Å². The van der Waals surface area contributed by atoms with Crippen LogP contribution in [0.4, 0.5) is 0 Å². The van der Waals surface area contributed by atoms with Gasteiger partial charge in [-0.3, -0.25) is 4.79 Å². The van der Waals surface area contributed by atoms with Gasteiger partial charge in [0.1, 0.15) is 0 Å². The summed E-state index contributed by atoms with van der Waals surface area (Å²) >= 11 is 3.29. The molecule has 0 aliphatic carbocycles. The maximum Gasteiger partial charge on any atom is 0.163 e. The molecule has 1 nitrogen and oxygen atoms in total. The van der Waals surface area contributed by atoms with Crippen LogP contribution < -0.4 is 0 Å². The predicted octanol–water partition coefficient (Wildman–Crippen LogP) is 3.53. The van der Waals surface area contributed by atoms with Crippen LogP contribution in [0.15, 0.2) is 18.2 Å². The lowest BCUT2D eigenvalue weighted by molar-refractivity contribution is 0.0989. The molecule has 2 heteroatoms. The molecule has 0 atom stereocenters. The van der Waals surface area contributed by atoms with Crippen LogP contribution in [0.2, 0.25) is 0 Å². The van der Waals surface area contributed by atoms with E-state index in [0.29, 0.717) is 6.42 Å². The molecule has 0 aliphatic heterocycles. The van der Waals surface area contributed by atoms with Crippen molar-refractivity contribution in [3.05, 3.63) is 34.9 Å². The topological polar surface area (TPSA) is 17.1 Å². The lowest BCUT2D eigenvalue weighted by Gasteiger charge is -2.06. The van der Waals surface area contributed by atoms with Crippen LogP contribution in [0.1, 0.15) is 34.8 Å². The van der Waals surface area contributed by atoms with Gasteiger partial charge in [0.15, 0.2) is 5.78 Å². The Balaban J connectivity index is 3.01. The van der Waals surface area contributed by atoms with E-state index in [9.17, 15) is 4.79 Å². The van der Waals surface area contributed by atoms with Gasteiger partial charge in [0.25, 0.3) is 0 Å². The fourth-order valence-electron chi connectivity index (χ4n) is 1.51. The number of aryl methyl sites for hydroxylation is 2. The van der Waals surface area contributed by atoms with E-state index in [-0.39, 0.29) is 5.78 Å². The van der Waals surface area contributed by atoms with E-state index in [0.717, 1.165) is 22.9 Å². The average molecular weight is 255 g/mol. The number of benzene rings is 1. The molecule has 0 saturated carbocycles. The van der Waals surface area contributed by atoms with Crippen molar-refractivity contribution in [3.63, 3.8) is 0 Å². The monoisotopic (exact) mass is 254 g/mol. The zero-order valence-electron chi connectivity index (χ0n) is 8.64. The van der Waals surface area contributed by atoms with Crippen molar-refractivity contribution in [2.45, 2.75) is 26.7 Å². The van der Waals surface area contributed by atoms with E-state index in [1.54, 1.807) is 0 Å². The van der Waals surface area contributed by atoms with E-state index in [1.165, 1.54) is 5.56 Å². The fourth-order valence-corrected chi connectivity index (χ4v) is 1.87. The van der Waals surface area contributed by atoms with Crippen molar-refractivity contribution in [1.82, 2.24) is 0 Å². The Morgan fingerprint density at radius 3 is 2.71 bits per heavy atom. The van der Waals surface area contributed by atoms with Crippen LogP contribution >= 0.6 is 15.9 Å². The van der Waals surface area contributed by atoms with Crippen LogP contribution in [0.5, 0.6) is 0 Å².